The molecule has 0 saturated carbocycles. The normalized spacial score (nSPS) is 10.8. The molecule has 0 aliphatic carbocycles. The van der Waals surface area contributed by atoms with Crippen molar-refractivity contribution in [2.24, 2.45) is 0 Å². The Bertz CT molecular complexity index is 464. The molecule has 2 heteroatoms. The van der Waals surface area contributed by atoms with Crippen LogP contribution in [0.1, 0.15) is 5.56 Å². The first-order valence-corrected chi connectivity index (χ1v) is 6.23. The van der Waals surface area contributed by atoms with E-state index in [0.717, 1.165) is 6.54 Å². The fourth-order valence-corrected chi connectivity index (χ4v) is 1.99. The van der Waals surface area contributed by atoms with Crippen molar-refractivity contribution in [3.63, 3.8) is 0 Å². The molecule has 2 rings (SSSR count). The van der Waals surface area contributed by atoms with Gasteiger partial charge in [-0.25, -0.2) is 0 Å². The van der Waals surface area contributed by atoms with E-state index in [1.54, 1.807) is 0 Å². The van der Waals surface area contributed by atoms with Crippen molar-refractivity contribution >= 4 is 0 Å². The lowest BCUT2D eigenvalue weighted by Gasteiger charge is -2.15. The van der Waals surface area contributed by atoms with Gasteiger partial charge in [-0.15, -0.1) is 0 Å². The van der Waals surface area contributed by atoms with Crippen LogP contribution in [0.4, 0.5) is 0 Å². The van der Waals surface area contributed by atoms with Gasteiger partial charge >= 0.3 is 0 Å². The van der Waals surface area contributed by atoms with Gasteiger partial charge in [0.25, 0.3) is 0 Å². The van der Waals surface area contributed by atoms with Crippen LogP contribution >= 0.6 is 0 Å². The van der Waals surface area contributed by atoms with E-state index in [9.17, 15) is 0 Å². The van der Waals surface area contributed by atoms with Gasteiger partial charge in [0.2, 0.25) is 0 Å². The predicted molar refractivity (Wildman–Crippen MR) is 75.3 cm³/mol. The lowest BCUT2D eigenvalue weighted by atomic mass is 10.0. The summed E-state index contributed by atoms with van der Waals surface area (Å²) in [7, 11) is 2.02. The van der Waals surface area contributed by atoms with Crippen LogP contribution in [-0.4, -0.2) is 30.2 Å². The molecule has 2 aromatic rings. The number of benzene rings is 2. The molecule has 0 amide bonds. The first kappa shape index (κ1) is 12.8. The topological polar surface area (TPSA) is 23.5 Å². The van der Waals surface area contributed by atoms with Gasteiger partial charge in [-0.05, 0) is 23.7 Å². The van der Waals surface area contributed by atoms with E-state index < -0.39 is 0 Å². The Hall–Kier alpha value is -1.64. The average molecular weight is 241 g/mol. The van der Waals surface area contributed by atoms with Crippen LogP contribution in [0.5, 0.6) is 0 Å². The van der Waals surface area contributed by atoms with Crippen LogP contribution in [-0.2, 0) is 6.54 Å². The van der Waals surface area contributed by atoms with E-state index in [-0.39, 0.29) is 6.61 Å². The summed E-state index contributed by atoms with van der Waals surface area (Å²) < 4.78 is 0. The lowest BCUT2D eigenvalue weighted by molar-refractivity contribution is 0.217. The zero-order valence-corrected chi connectivity index (χ0v) is 10.7. The molecule has 0 aliphatic rings. The van der Waals surface area contributed by atoms with Gasteiger partial charge in [-0.1, -0.05) is 54.6 Å². The number of rotatable bonds is 5. The Morgan fingerprint density at radius 1 is 0.889 bits per heavy atom. The molecule has 0 bridgehead atoms. The molecule has 2 nitrogen and oxygen atoms in total. The van der Waals surface area contributed by atoms with Crippen LogP contribution < -0.4 is 0 Å². The summed E-state index contributed by atoms with van der Waals surface area (Å²) in [5, 5.41) is 8.87. The van der Waals surface area contributed by atoms with Crippen molar-refractivity contribution in [2.45, 2.75) is 6.54 Å². The van der Waals surface area contributed by atoms with E-state index in [0.29, 0.717) is 6.54 Å². The van der Waals surface area contributed by atoms with Gasteiger partial charge in [0.15, 0.2) is 0 Å². The van der Waals surface area contributed by atoms with Gasteiger partial charge in [0.1, 0.15) is 0 Å². The zero-order valence-electron chi connectivity index (χ0n) is 10.7. The van der Waals surface area contributed by atoms with Gasteiger partial charge in [0.05, 0.1) is 6.61 Å². The summed E-state index contributed by atoms with van der Waals surface area (Å²) in [5.41, 5.74) is 3.75. The zero-order chi connectivity index (χ0) is 12.8. The first-order chi connectivity index (χ1) is 8.79. The number of aliphatic hydroxyl groups is 1. The molecule has 0 aromatic heterocycles. The molecule has 94 valence electrons. The standard InChI is InChI=1S/C16H19NO/c1-17(11-12-18)13-14-7-9-16(10-8-14)15-5-3-2-4-6-15/h2-10,18H,11-13H2,1H3. The highest BCUT2D eigenvalue weighted by Gasteiger charge is 2.00. The highest BCUT2D eigenvalue weighted by atomic mass is 16.3. The quantitative estimate of drug-likeness (QED) is 0.870. The third-order valence-electron chi connectivity index (χ3n) is 3.00. The monoisotopic (exact) mass is 241 g/mol. The average Bonchev–Trinajstić information content (AvgIpc) is 2.41. The second-order valence-electron chi connectivity index (χ2n) is 4.52. The van der Waals surface area contributed by atoms with Crippen molar-refractivity contribution in [3.8, 4) is 11.1 Å². The predicted octanol–water partition coefficient (Wildman–Crippen LogP) is 2.78. The molecule has 1 N–H and O–H groups in total. The van der Waals surface area contributed by atoms with E-state index in [4.69, 9.17) is 5.11 Å². The maximum atomic E-state index is 8.87. The lowest BCUT2D eigenvalue weighted by Crippen LogP contribution is -2.21. The number of nitrogens with zero attached hydrogens (tertiary/aromatic N) is 1. The van der Waals surface area contributed by atoms with E-state index in [1.807, 2.05) is 13.1 Å². The van der Waals surface area contributed by atoms with E-state index >= 15 is 0 Å². The molecule has 0 radical (unpaired) electrons. The molecule has 2 aromatic carbocycles. The van der Waals surface area contributed by atoms with Crippen LogP contribution in [0.2, 0.25) is 0 Å². The molecule has 0 unspecified atom stereocenters. The van der Waals surface area contributed by atoms with Crippen molar-refractivity contribution in [1.29, 1.82) is 0 Å². The van der Waals surface area contributed by atoms with Crippen LogP contribution in [0, 0.1) is 0 Å². The highest BCUT2D eigenvalue weighted by molar-refractivity contribution is 5.63. The highest BCUT2D eigenvalue weighted by Crippen LogP contribution is 2.19. The fourth-order valence-electron chi connectivity index (χ4n) is 1.99. The number of hydrogen-bond acceptors (Lipinski definition) is 2. The van der Waals surface area contributed by atoms with E-state index in [2.05, 4.69) is 53.4 Å². The number of aliphatic hydroxyl groups excluding tert-OH is 1. The van der Waals surface area contributed by atoms with Crippen molar-refractivity contribution in [2.75, 3.05) is 20.2 Å². The Morgan fingerprint density at radius 2 is 1.50 bits per heavy atom. The first-order valence-electron chi connectivity index (χ1n) is 6.23. The second-order valence-corrected chi connectivity index (χ2v) is 4.52. The minimum absolute atomic E-state index is 0.207. The molecule has 0 fully saturated rings. The molecule has 0 spiro atoms. The summed E-state index contributed by atoms with van der Waals surface area (Å²) >= 11 is 0. The number of hydrogen-bond donors (Lipinski definition) is 1. The van der Waals surface area contributed by atoms with Crippen molar-refractivity contribution in [3.05, 3.63) is 60.2 Å². The second kappa shape index (κ2) is 6.34. The molecular weight excluding hydrogens is 222 g/mol. The Labute approximate surface area is 109 Å². The molecule has 0 saturated heterocycles. The summed E-state index contributed by atoms with van der Waals surface area (Å²) in [4.78, 5) is 2.11. The van der Waals surface area contributed by atoms with Crippen LogP contribution in [0.3, 0.4) is 0 Å². The SMILES string of the molecule is CN(CCO)Cc1ccc(-c2ccccc2)cc1. The maximum Gasteiger partial charge on any atom is 0.0558 e. The molecule has 0 heterocycles. The fraction of sp³-hybridized carbons (Fsp3) is 0.250. The van der Waals surface area contributed by atoms with Gasteiger partial charge in [0, 0.05) is 13.1 Å². The minimum atomic E-state index is 0.207. The summed E-state index contributed by atoms with van der Waals surface area (Å²) in [6.45, 7) is 1.79. The van der Waals surface area contributed by atoms with Crippen molar-refractivity contribution < 1.29 is 5.11 Å². The van der Waals surface area contributed by atoms with Crippen LogP contribution in [0.25, 0.3) is 11.1 Å². The largest absolute Gasteiger partial charge is 0.395 e. The summed E-state index contributed by atoms with van der Waals surface area (Å²) in [6, 6.07) is 19.0. The van der Waals surface area contributed by atoms with Gasteiger partial charge in [-0.2, -0.15) is 0 Å². The molecule has 0 atom stereocenters. The van der Waals surface area contributed by atoms with E-state index in [1.165, 1.54) is 16.7 Å². The van der Waals surface area contributed by atoms with Crippen LogP contribution in [0.15, 0.2) is 54.6 Å². The molecular formula is C16H19NO. The smallest absolute Gasteiger partial charge is 0.0558 e. The summed E-state index contributed by atoms with van der Waals surface area (Å²) in [6.07, 6.45) is 0. The maximum absolute atomic E-state index is 8.87. The number of likely N-dealkylation sites (N-methyl/N-ethyl adjacent to an activating group) is 1. The van der Waals surface area contributed by atoms with Gasteiger partial charge < -0.3 is 5.11 Å². The Morgan fingerprint density at radius 3 is 2.11 bits per heavy atom. The Balaban J connectivity index is 2.06. The molecule has 0 aliphatic heterocycles. The van der Waals surface area contributed by atoms with Gasteiger partial charge in [-0.3, -0.25) is 4.90 Å². The third-order valence-corrected chi connectivity index (χ3v) is 3.00. The summed E-state index contributed by atoms with van der Waals surface area (Å²) in [5.74, 6) is 0. The third kappa shape index (κ3) is 3.42. The Kier molecular flexibility index (Phi) is 4.51. The minimum Gasteiger partial charge on any atom is -0.395 e. The molecule has 18 heavy (non-hydrogen) atoms. The van der Waals surface area contributed by atoms with Crippen molar-refractivity contribution in [1.82, 2.24) is 4.90 Å².